The van der Waals surface area contributed by atoms with Crippen molar-refractivity contribution < 1.29 is 4.79 Å². The van der Waals surface area contributed by atoms with Crippen molar-refractivity contribution in [3.63, 3.8) is 0 Å². The van der Waals surface area contributed by atoms with E-state index in [-0.39, 0.29) is 5.91 Å². The van der Waals surface area contributed by atoms with E-state index in [2.05, 4.69) is 25.5 Å². The number of carbonyl (C=O) groups is 1. The summed E-state index contributed by atoms with van der Waals surface area (Å²) in [5.74, 6) is 0.492. The van der Waals surface area contributed by atoms with Crippen LogP contribution in [0.1, 0.15) is 6.92 Å². The highest BCUT2D eigenvalue weighted by Crippen LogP contribution is 2.22. The van der Waals surface area contributed by atoms with Crippen LogP contribution in [0.25, 0.3) is 10.8 Å². The van der Waals surface area contributed by atoms with Gasteiger partial charge in [-0.3, -0.25) is 4.79 Å². The zero-order valence-corrected chi connectivity index (χ0v) is 8.13. The molecule has 0 unspecified atom stereocenters. The molecule has 0 aliphatic rings. The number of nitrogens with one attached hydrogen (secondary N) is 2. The summed E-state index contributed by atoms with van der Waals surface area (Å²) in [4.78, 5) is 17.6. The molecular weight excluding hydrogens is 202 g/mol. The third-order valence-electron chi connectivity index (χ3n) is 1.41. The first-order chi connectivity index (χ1) is 6.75. The largest absolute Gasteiger partial charge is 0.343 e. The van der Waals surface area contributed by atoms with Crippen LogP contribution in [-0.2, 0) is 4.79 Å². The number of rotatable bonds is 2. The Balaban J connectivity index is 2.22. The molecule has 0 atom stereocenters. The number of anilines is 1. The van der Waals surface area contributed by atoms with Crippen molar-refractivity contribution in [1.29, 1.82) is 0 Å². The monoisotopic (exact) mass is 209 g/mol. The maximum absolute atomic E-state index is 10.7. The summed E-state index contributed by atoms with van der Waals surface area (Å²) in [7, 11) is 0. The van der Waals surface area contributed by atoms with E-state index < -0.39 is 0 Å². The van der Waals surface area contributed by atoms with Crippen LogP contribution in [0.2, 0.25) is 0 Å². The Morgan fingerprint density at radius 3 is 3.07 bits per heavy atom. The molecule has 0 aromatic carbocycles. The minimum Gasteiger partial charge on any atom is -0.343 e. The quantitative estimate of drug-likeness (QED) is 0.769. The van der Waals surface area contributed by atoms with E-state index in [4.69, 9.17) is 0 Å². The normalized spacial score (nSPS) is 10.1. The third-order valence-corrected chi connectivity index (χ3v) is 2.25. The number of aromatic nitrogens is 4. The lowest BCUT2D eigenvalue weighted by Crippen LogP contribution is -2.04. The van der Waals surface area contributed by atoms with Gasteiger partial charge in [-0.05, 0) is 0 Å². The second-order valence-electron chi connectivity index (χ2n) is 2.53. The standard InChI is InChI=1S/C7H7N5OS/c1-4(13)10-7-12-11-6(14-7)5-8-2-3-9-5/h2-3H,1H3,(H,8,9)(H,10,12,13). The van der Waals surface area contributed by atoms with Crippen LogP contribution in [-0.4, -0.2) is 26.1 Å². The Labute approximate surface area is 83.4 Å². The van der Waals surface area contributed by atoms with Crippen LogP contribution < -0.4 is 5.32 Å². The number of H-pyrrole nitrogens is 1. The number of amides is 1. The van der Waals surface area contributed by atoms with E-state index in [9.17, 15) is 4.79 Å². The van der Waals surface area contributed by atoms with E-state index in [1.807, 2.05) is 0 Å². The molecule has 6 nitrogen and oxygen atoms in total. The molecule has 0 fully saturated rings. The Morgan fingerprint density at radius 1 is 1.57 bits per heavy atom. The Bertz CT molecular complexity index is 435. The topological polar surface area (TPSA) is 83.6 Å². The lowest BCUT2D eigenvalue weighted by atomic mass is 10.7. The molecule has 14 heavy (non-hydrogen) atoms. The van der Waals surface area contributed by atoms with Gasteiger partial charge in [0, 0.05) is 19.3 Å². The highest BCUT2D eigenvalue weighted by Gasteiger charge is 2.08. The summed E-state index contributed by atoms with van der Waals surface area (Å²) < 4.78 is 0. The van der Waals surface area contributed by atoms with Gasteiger partial charge in [0.05, 0.1) is 0 Å². The summed E-state index contributed by atoms with van der Waals surface area (Å²) in [5.41, 5.74) is 0. The molecule has 0 aliphatic heterocycles. The predicted octanol–water partition coefficient (Wildman–Crippen LogP) is 0.887. The molecule has 2 N–H and O–H groups in total. The maximum Gasteiger partial charge on any atom is 0.223 e. The number of imidazole rings is 1. The minimum atomic E-state index is -0.160. The Morgan fingerprint density at radius 2 is 2.43 bits per heavy atom. The molecule has 2 aromatic rings. The molecule has 0 saturated carbocycles. The van der Waals surface area contributed by atoms with Gasteiger partial charge in [-0.25, -0.2) is 4.98 Å². The van der Waals surface area contributed by atoms with Crippen LogP contribution in [0.5, 0.6) is 0 Å². The van der Waals surface area contributed by atoms with Crippen molar-refractivity contribution in [3.05, 3.63) is 12.4 Å². The summed E-state index contributed by atoms with van der Waals surface area (Å²) in [6.45, 7) is 1.42. The molecule has 0 aliphatic carbocycles. The molecule has 72 valence electrons. The zero-order valence-electron chi connectivity index (χ0n) is 7.31. The molecule has 2 aromatic heterocycles. The fraction of sp³-hybridized carbons (Fsp3) is 0.143. The first kappa shape index (κ1) is 8.82. The maximum atomic E-state index is 10.7. The predicted molar refractivity (Wildman–Crippen MR) is 51.8 cm³/mol. The molecule has 0 radical (unpaired) electrons. The van der Waals surface area contributed by atoms with Gasteiger partial charge in [0.15, 0.2) is 10.8 Å². The molecule has 1 amide bonds. The first-order valence-corrected chi connectivity index (χ1v) is 4.68. The first-order valence-electron chi connectivity index (χ1n) is 3.86. The highest BCUT2D eigenvalue weighted by molar-refractivity contribution is 7.18. The van der Waals surface area contributed by atoms with Crippen LogP contribution in [0.4, 0.5) is 5.13 Å². The summed E-state index contributed by atoms with van der Waals surface area (Å²) >= 11 is 1.27. The molecule has 7 heteroatoms. The number of hydrogen-bond acceptors (Lipinski definition) is 5. The fourth-order valence-electron chi connectivity index (χ4n) is 0.902. The zero-order chi connectivity index (χ0) is 9.97. The molecular formula is C7H7N5OS. The van der Waals surface area contributed by atoms with E-state index in [0.29, 0.717) is 16.0 Å². The van der Waals surface area contributed by atoms with Crippen LogP contribution in [0, 0.1) is 0 Å². The van der Waals surface area contributed by atoms with E-state index in [1.165, 1.54) is 18.3 Å². The van der Waals surface area contributed by atoms with Gasteiger partial charge in [-0.2, -0.15) is 0 Å². The van der Waals surface area contributed by atoms with Gasteiger partial charge in [-0.15, -0.1) is 10.2 Å². The summed E-state index contributed by atoms with van der Waals surface area (Å²) in [6, 6.07) is 0. The minimum absolute atomic E-state index is 0.160. The Kier molecular flexibility index (Phi) is 2.23. The van der Waals surface area contributed by atoms with Gasteiger partial charge in [0.1, 0.15) is 0 Å². The van der Waals surface area contributed by atoms with E-state index in [0.717, 1.165) is 0 Å². The number of aromatic amines is 1. The second kappa shape index (κ2) is 3.54. The third kappa shape index (κ3) is 1.77. The highest BCUT2D eigenvalue weighted by atomic mass is 32.1. The molecule has 0 saturated heterocycles. The number of nitrogens with zero attached hydrogens (tertiary/aromatic N) is 3. The second-order valence-corrected chi connectivity index (χ2v) is 3.51. The van der Waals surface area contributed by atoms with E-state index in [1.54, 1.807) is 12.4 Å². The van der Waals surface area contributed by atoms with Crippen LogP contribution >= 0.6 is 11.3 Å². The molecule has 0 spiro atoms. The van der Waals surface area contributed by atoms with Crippen LogP contribution in [0.3, 0.4) is 0 Å². The van der Waals surface area contributed by atoms with Crippen molar-refractivity contribution in [2.45, 2.75) is 6.92 Å². The fourth-order valence-corrected chi connectivity index (χ4v) is 1.65. The Hall–Kier alpha value is -1.76. The van der Waals surface area contributed by atoms with Gasteiger partial charge in [0.2, 0.25) is 11.0 Å². The van der Waals surface area contributed by atoms with Crippen molar-refractivity contribution in [2.24, 2.45) is 0 Å². The van der Waals surface area contributed by atoms with Gasteiger partial charge < -0.3 is 10.3 Å². The van der Waals surface area contributed by atoms with Gasteiger partial charge in [-0.1, -0.05) is 11.3 Å². The lowest BCUT2D eigenvalue weighted by molar-refractivity contribution is -0.114. The van der Waals surface area contributed by atoms with Crippen molar-refractivity contribution in [3.8, 4) is 10.8 Å². The smallest absolute Gasteiger partial charge is 0.223 e. The van der Waals surface area contributed by atoms with Crippen molar-refractivity contribution in [1.82, 2.24) is 20.2 Å². The van der Waals surface area contributed by atoms with Gasteiger partial charge in [0.25, 0.3) is 0 Å². The molecule has 0 bridgehead atoms. The number of hydrogen-bond donors (Lipinski definition) is 2. The molecule has 2 heterocycles. The van der Waals surface area contributed by atoms with Crippen molar-refractivity contribution >= 4 is 22.4 Å². The number of carbonyl (C=O) groups excluding carboxylic acids is 1. The average Bonchev–Trinajstić information content (AvgIpc) is 2.69. The molecule has 2 rings (SSSR count). The van der Waals surface area contributed by atoms with Gasteiger partial charge >= 0.3 is 0 Å². The van der Waals surface area contributed by atoms with Crippen LogP contribution in [0.15, 0.2) is 12.4 Å². The summed E-state index contributed by atoms with van der Waals surface area (Å²) in [6.07, 6.45) is 3.34. The van der Waals surface area contributed by atoms with Crippen molar-refractivity contribution in [2.75, 3.05) is 5.32 Å². The van der Waals surface area contributed by atoms with E-state index >= 15 is 0 Å². The SMILES string of the molecule is CC(=O)Nc1nnc(-c2ncc[nH]2)s1. The average molecular weight is 209 g/mol. The summed E-state index contributed by atoms with van der Waals surface area (Å²) in [5, 5.41) is 11.3. The lowest BCUT2D eigenvalue weighted by Gasteiger charge is -1.90.